The Labute approximate surface area is 88.7 Å². The van der Waals surface area contributed by atoms with Crippen molar-refractivity contribution in [3.05, 3.63) is 11.8 Å². The molecule has 1 rings (SSSR count). The fourth-order valence-corrected chi connectivity index (χ4v) is 1.49. The van der Waals surface area contributed by atoms with Crippen LogP contribution in [0.25, 0.3) is 0 Å². The van der Waals surface area contributed by atoms with Gasteiger partial charge >= 0.3 is 0 Å². The van der Waals surface area contributed by atoms with Gasteiger partial charge in [0.25, 0.3) is 0 Å². The van der Waals surface area contributed by atoms with E-state index in [1.54, 1.807) is 0 Å². The van der Waals surface area contributed by atoms with Gasteiger partial charge in [0.05, 0.1) is 12.7 Å². The second-order valence-corrected chi connectivity index (χ2v) is 3.61. The van der Waals surface area contributed by atoms with Gasteiger partial charge in [0.2, 0.25) is 5.91 Å². The van der Waals surface area contributed by atoms with Gasteiger partial charge in [-0.05, 0) is 6.42 Å². The van der Waals surface area contributed by atoms with Gasteiger partial charge in [-0.3, -0.25) is 4.79 Å². The molecule has 0 radical (unpaired) electrons. The van der Waals surface area contributed by atoms with Gasteiger partial charge < -0.3 is 20.3 Å². The smallest absolute Gasteiger partial charge is 0.220 e. The Bertz CT molecular complexity index is 264. The summed E-state index contributed by atoms with van der Waals surface area (Å²) in [5.74, 6) is -0.221. The summed E-state index contributed by atoms with van der Waals surface area (Å²) in [6.07, 6.45) is -0.193. The van der Waals surface area contributed by atoms with Crippen molar-refractivity contribution in [3.8, 4) is 0 Å². The lowest BCUT2D eigenvalue weighted by Crippen LogP contribution is -2.46. The second-order valence-electron chi connectivity index (χ2n) is 3.61. The highest BCUT2D eigenvalue weighted by Crippen LogP contribution is 2.21. The molecule has 0 aromatic rings. The normalized spacial score (nSPS) is 34.1. The van der Waals surface area contributed by atoms with Crippen molar-refractivity contribution < 1.29 is 19.7 Å². The fraction of sp³-hybridized carbons (Fsp3) is 0.700. The van der Waals surface area contributed by atoms with Crippen LogP contribution in [-0.2, 0) is 9.53 Å². The van der Waals surface area contributed by atoms with Crippen LogP contribution in [0, 0.1) is 0 Å². The minimum atomic E-state index is -0.962. The molecule has 0 saturated carbocycles. The lowest BCUT2D eigenvalue weighted by molar-refractivity contribution is -0.118. The molecule has 0 aliphatic carbocycles. The number of aliphatic hydroxyl groups excluding tert-OH is 2. The van der Waals surface area contributed by atoms with Gasteiger partial charge in [-0.25, -0.2) is 0 Å². The summed E-state index contributed by atoms with van der Waals surface area (Å²) in [6, 6.07) is 0. The summed E-state index contributed by atoms with van der Waals surface area (Å²) in [5.41, 5.74) is 0.488. The molecule has 3 unspecified atom stereocenters. The third kappa shape index (κ3) is 3.02. The summed E-state index contributed by atoms with van der Waals surface area (Å²) >= 11 is 0. The highest BCUT2D eigenvalue weighted by molar-refractivity contribution is 5.74. The molecule has 0 aromatic carbocycles. The Hall–Kier alpha value is -0.910. The first-order valence-electron chi connectivity index (χ1n) is 5.00. The SMILES string of the molecule is CCC1OC/C(=C\NC(C)=O)C(O)C1O. The summed E-state index contributed by atoms with van der Waals surface area (Å²) < 4.78 is 5.33. The van der Waals surface area contributed by atoms with Crippen LogP contribution in [0.4, 0.5) is 0 Å². The van der Waals surface area contributed by atoms with Crippen LogP contribution in [0.15, 0.2) is 11.8 Å². The molecule has 3 atom stereocenters. The largest absolute Gasteiger partial charge is 0.387 e. The molecule has 1 aliphatic heterocycles. The van der Waals surface area contributed by atoms with Crippen LogP contribution >= 0.6 is 0 Å². The van der Waals surface area contributed by atoms with Crippen LogP contribution in [-0.4, -0.2) is 41.0 Å². The predicted octanol–water partition coefficient (Wildman–Crippen LogP) is -0.463. The van der Waals surface area contributed by atoms with Crippen LogP contribution in [0.5, 0.6) is 0 Å². The molecule has 5 heteroatoms. The fourth-order valence-electron chi connectivity index (χ4n) is 1.49. The van der Waals surface area contributed by atoms with Gasteiger partial charge in [0.1, 0.15) is 12.2 Å². The van der Waals surface area contributed by atoms with Crippen molar-refractivity contribution in [1.82, 2.24) is 5.32 Å². The van der Waals surface area contributed by atoms with Gasteiger partial charge in [-0.2, -0.15) is 0 Å². The van der Waals surface area contributed by atoms with E-state index >= 15 is 0 Å². The van der Waals surface area contributed by atoms with E-state index < -0.39 is 12.2 Å². The summed E-state index contributed by atoms with van der Waals surface area (Å²) in [6.45, 7) is 3.48. The molecule has 1 fully saturated rings. The average Bonchev–Trinajstić information content (AvgIpc) is 2.20. The van der Waals surface area contributed by atoms with Crippen molar-refractivity contribution in [3.63, 3.8) is 0 Å². The highest BCUT2D eigenvalue weighted by atomic mass is 16.5. The van der Waals surface area contributed by atoms with E-state index in [2.05, 4.69) is 5.32 Å². The Morgan fingerprint density at radius 2 is 2.33 bits per heavy atom. The van der Waals surface area contributed by atoms with Crippen molar-refractivity contribution in [2.75, 3.05) is 6.61 Å². The molecule has 1 heterocycles. The van der Waals surface area contributed by atoms with Crippen LogP contribution < -0.4 is 5.32 Å². The number of nitrogens with one attached hydrogen (secondary N) is 1. The van der Waals surface area contributed by atoms with Crippen LogP contribution in [0.1, 0.15) is 20.3 Å². The summed E-state index contributed by atoms with van der Waals surface area (Å²) in [4.78, 5) is 10.7. The second kappa shape index (κ2) is 5.25. The standard InChI is InChI=1S/C10H17NO4/c1-3-8-10(14)9(13)7(5-15-8)4-11-6(2)12/h4,8-10,13-14H,3,5H2,1-2H3,(H,11,12)/b7-4+. The molecule has 0 aromatic heterocycles. The number of ether oxygens (including phenoxy) is 1. The maximum atomic E-state index is 10.7. The van der Waals surface area contributed by atoms with Gasteiger partial charge in [0, 0.05) is 18.7 Å². The van der Waals surface area contributed by atoms with Crippen molar-refractivity contribution in [1.29, 1.82) is 0 Å². The summed E-state index contributed by atoms with van der Waals surface area (Å²) in [7, 11) is 0. The number of amides is 1. The minimum Gasteiger partial charge on any atom is -0.387 e. The van der Waals surface area contributed by atoms with E-state index in [1.807, 2.05) is 6.92 Å². The highest BCUT2D eigenvalue weighted by Gasteiger charge is 2.33. The monoisotopic (exact) mass is 215 g/mol. The van der Waals surface area contributed by atoms with E-state index in [4.69, 9.17) is 4.74 Å². The third-order valence-corrected chi connectivity index (χ3v) is 2.41. The average molecular weight is 215 g/mol. The van der Waals surface area contributed by atoms with Crippen molar-refractivity contribution >= 4 is 5.91 Å². The molecular formula is C10H17NO4. The molecule has 1 amide bonds. The molecule has 3 N–H and O–H groups in total. The number of carbonyl (C=O) groups is 1. The molecular weight excluding hydrogens is 198 g/mol. The van der Waals surface area contributed by atoms with E-state index in [-0.39, 0.29) is 18.6 Å². The van der Waals surface area contributed by atoms with Gasteiger partial charge in [0.15, 0.2) is 0 Å². The van der Waals surface area contributed by atoms with E-state index in [0.717, 1.165) is 0 Å². The first-order valence-corrected chi connectivity index (χ1v) is 5.00. The Balaban J connectivity index is 2.63. The zero-order chi connectivity index (χ0) is 11.4. The predicted molar refractivity (Wildman–Crippen MR) is 53.9 cm³/mol. The Morgan fingerprint density at radius 3 is 2.87 bits per heavy atom. The van der Waals surface area contributed by atoms with E-state index in [0.29, 0.717) is 12.0 Å². The molecule has 0 spiro atoms. The minimum absolute atomic E-state index is 0.221. The van der Waals surface area contributed by atoms with Crippen LogP contribution in [0.3, 0.4) is 0 Å². The third-order valence-electron chi connectivity index (χ3n) is 2.41. The molecule has 5 nitrogen and oxygen atoms in total. The number of carbonyl (C=O) groups excluding carboxylic acids is 1. The molecule has 86 valence electrons. The van der Waals surface area contributed by atoms with Crippen LogP contribution in [0.2, 0.25) is 0 Å². The number of hydrogen-bond donors (Lipinski definition) is 3. The molecule has 1 aliphatic rings. The van der Waals surface area contributed by atoms with Crippen molar-refractivity contribution in [2.24, 2.45) is 0 Å². The maximum absolute atomic E-state index is 10.7. The zero-order valence-corrected chi connectivity index (χ0v) is 8.93. The van der Waals surface area contributed by atoms with E-state index in [9.17, 15) is 15.0 Å². The number of hydrogen-bond acceptors (Lipinski definition) is 4. The maximum Gasteiger partial charge on any atom is 0.220 e. The molecule has 15 heavy (non-hydrogen) atoms. The van der Waals surface area contributed by atoms with Gasteiger partial charge in [-0.1, -0.05) is 6.92 Å². The summed E-state index contributed by atoms with van der Waals surface area (Å²) in [5, 5.41) is 21.8. The lowest BCUT2D eigenvalue weighted by atomic mass is 9.97. The first-order chi connectivity index (χ1) is 7.06. The Morgan fingerprint density at radius 1 is 1.67 bits per heavy atom. The van der Waals surface area contributed by atoms with Gasteiger partial charge in [-0.15, -0.1) is 0 Å². The lowest BCUT2D eigenvalue weighted by Gasteiger charge is -2.33. The number of aliphatic hydroxyl groups is 2. The first kappa shape index (κ1) is 12.2. The molecule has 0 bridgehead atoms. The number of rotatable bonds is 2. The van der Waals surface area contributed by atoms with E-state index in [1.165, 1.54) is 13.1 Å². The molecule has 1 saturated heterocycles. The quantitative estimate of drug-likeness (QED) is 0.582. The van der Waals surface area contributed by atoms with Crippen molar-refractivity contribution in [2.45, 2.75) is 38.6 Å². The Kier molecular flexibility index (Phi) is 4.26. The zero-order valence-electron chi connectivity index (χ0n) is 8.93. The topological polar surface area (TPSA) is 78.8 Å².